The molecule has 1 aliphatic heterocycles. The predicted molar refractivity (Wildman–Crippen MR) is 140 cm³/mol. The third-order valence-electron chi connectivity index (χ3n) is 7.24. The van der Waals surface area contributed by atoms with Crippen molar-refractivity contribution in [3.8, 4) is 0 Å². The third kappa shape index (κ3) is 5.55. The van der Waals surface area contributed by atoms with Gasteiger partial charge in [0.25, 0.3) is 0 Å². The minimum absolute atomic E-state index is 0.00917. The Morgan fingerprint density at radius 3 is 2.46 bits per heavy atom. The highest BCUT2D eigenvalue weighted by Crippen LogP contribution is 2.29. The van der Waals surface area contributed by atoms with Crippen LogP contribution >= 0.6 is 0 Å². The number of hydrogen-bond acceptors (Lipinski definition) is 7. The van der Waals surface area contributed by atoms with Crippen molar-refractivity contribution in [2.75, 3.05) is 55.9 Å². The standard InChI is InChI=1S/C27H34N6O2/c1-32-14-16-33(17-15-32)22-10-8-21(9-11-22)29-27-28-18-20-4-3-5-24(25(20)31-27)30-26(34)19-6-12-23(35-2)13-7-19/h3-5,8-11,18-19,23H,6-7,12-17H2,1-2H3,(H,30,34)(H,28,29,31). The first kappa shape index (κ1) is 23.5. The van der Waals surface area contributed by atoms with E-state index >= 15 is 0 Å². The molecule has 1 aromatic heterocycles. The number of carbonyl (C=O) groups excluding carboxylic acids is 1. The molecule has 3 aromatic rings. The summed E-state index contributed by atoms with van der Waals surface area (Å²) in [6.45, 7) is 4.25. The Bertz CT molecular complexity index is 1150. The molecular weight excluding hydrogens is 440 g/mol. The second-order valence-electron chi connectivity index (χ2n) is 9.60. The lowest BCUT2D eigenvalue weighted by molar-refractivity contribution is -0.121. The van der Waals surface area contributed by atoms with Crippen LogP contribution in [0.4, 0.5) is 23.0 Å². The first-order valence-electron chi connectivity index (χ1n) is 12.5. The zero-order valence-electron chi connectivity index (χ0n) is 20.5. The fourth-order valence-electron chi connectivity index (χ4n) is 4.96. The van der Waals surface area contributed by atoms with Crippen molar-refractivity contribution in [3.05, 3.63) is 48.7 Å². The van der Waals surface area contributed by atoms with E-state index in [1.54, 1.807) is 13.3 Å². The van der Waals surface area contributed by atoms with Gasteiger partial charge in [-0.1, -0.05) is 12.1 Å². The molecule has 1 amide bonds. The van der Waals surface area contributed by atoms with E-state index in [0.717, 1.165) is 74.1 Å². The van der Waals surface area contributed by atoms with Crippen LogP contribution in [0.25, 0.3) is 10.9 Å². The molecule has 2 aromatic carbocycles. The molecular formula is C27H34N6O2. The van der Waals surface area contributed by atoms with Crippen LogP contribution in [0.3, 0.4) is 0 Å². The maximum Gasteiger partial charge on any atom is 0.227 e. The van der Waals surface area contributed by atoms with Gasteiger partial charge < -0.3 is 25.2 Å². The molecule has 1 saturated carbocycles. The van der Waals surface area contributed by atoms with Crippen LogP contribution in [-0.2, 0) is 9.53 Å². The van der Waals surface area contributed by atoms with Crippen LogP contribution in [0.15, 0.2) is 48.7 Å². The lowest BCUT2D eigenvalue weighted by Crippen LogP contribution is -2.44. The Morgan fingerprint density at radius 1 is 1.00 bits per heavy atom. The van der Waals surface area contributed by atoms with Gasteiger partial charge in [-0.25, -0.2) is 9.97 Å². The van der Waals surface area contributed by atoms with Gasteiger partial charge in [-0.15, -0.1) is 0 Å². The largest absolute Gasteiger partial charge is 0.381 e. The number of fused-ring (bicyclic) bond motifs is 1. The molecule has 0 unspecified atom stereocenters. The van der Waals surface area contributed by atoms with E-state index in [-0.39, 0.29) is 17.9 Å². The first-order valence-corrected chi connectivity index (χ1v) is 12.5. The Labute approximate surface area is 206 Å². The zero-order valence-corrected chi connectivity index (χ0v) is 20.5. The van der Waals surface area contributed by atoms with Crippen LogP contribution in [0.2, 0.25) is 0 Å². The summed E-state index contributed by atoms with van der Waals surface area (Å²) in [5, 5.41) is 7.32. The second kappa shape index (κ2) is 10.6. The number of carbonyl (C=O) groups is 1. The number of amides is 1. The highest BCUT2D eigenvalue weighted by atomic mass is 16.5. The van der Waals surface area contributed by atoms with Crippen LogP contribution < -0.4 is 15.5 Å². The number of para-hydroxylation sites is 1. The number of rotatable bonds is 6. The SMILES string of the molecule is COC1CCC(C(=O)Nc2cccc3cnc(Nc4ccc(N5CCN(C)CC5)cc4)nc23)CC1. The summed E-state index contributed by atoms with van der Waals surface area (Å²) < 4.78 is 5.44. The zero-order chi connectivity index (χ0) is 24.2. The van der Waals surface area contributed by atoms with Crippen molar-refractivity contribution in [1.29, 1.82) is 0 Å². The minimum atomic E-state index is 0.00917. The number of aromatic nitrogens is 2. The molecule has 35 heavy (non-hydrogen) atoms. The minimum Gasteiger partial charge on any atom is -0.381 e. The van der Waals surface area contributed by atoms with Gasteiger partial charge in [0.05, 0.1) is 17.3 Å². The molecule has 0 bridgehead atoms. The lowest BCUT2D eigenvalue weighted by atomic mass is 9.86. The second-order valence-corrected chi connectivity index (χ2v) is 9.60. The van der Waals surface area contributed by atoms with E-state index in [1.807, 2.05) is 18.2 Å². The molecule has 8 nitrogen and oxygen atoms in total. The number of methoxy groups -OCH3 is 1. The van der Waals surface area contributed by atoms with Crippen molar-refractivity contribution >= 4 is 39.8 Å². The Balaban J connectivity index is 1.28. The number of nitrogens with one attached hydrogen (secondary N) is 2. The van der Waals surface area contributed by atoms with E-state index in [9.17, 15) is 4.79 Å². The van der Waals surface area contributed by atoms with Crippen molar-refractivity contribution in [2.45, 2.75) is 31.8 Å². The van der Waals surface area contributed by atoms with Crippen LogP contribution in [0, 0.1) is 5.92 Å². The number of hydrogen-bond donors (Lipinski definition) is 2. The molecule has 2 aliphatic rings. The van der Waals surface area contributed by atoms with Gasteiger partial charge in [0.15, 0.2) is 0 Å². The summed E-state index contributed by atoms with van der Waals surface area (Å²) in [6, 6.07) is 14.2. The summed E-state index contributed by atoms with van der Waals surface area (Å²) in [4.78, 5) is 26.9. The fraction of sp³-hybridized carbons (Fsp3) is 0.444. The summed E-state index contributed by atoms with van der Waals surface area (Å²) in [7, 11) is 3.91. The van der Waals surface area contributed by atoms with Crippen LogP contribution in [0.5, 0.6) is 0 Å². The third-order valence-corrected chi connectivity index (χ3v) is 7.24. The highest BCUT2D eigenvalue weighted by molar-refractivity contribution is 6.01. The van der Waals surface area contributed by atoms with Crippen LogP contribution in [-0.4, -0.2) is 67.2 Å². The van der Waals surface area contributed by atoms with E-state index < -0.39 is 0 Å². The van der Waals surface area contributed by atoms with Gasteiger partial charge in [0.1, 0.15) is 0 Å². The smallest absolute Gasteiger partial charge is 0.227 e. The number of likely N-dealkylation sites (N-methyl/N-ethyl adjacent to an activating group) is 1. The molecule has 2 N–H and O–H groups in total. The number of piperazine rings is 1. The van der Waals surface area contributed by atoms with Crippen molar-refractivity contribution in [3.63, 3.8) is 0 Å². The summed E-state index contributed by atoms with van der Waals surface area (Å²) in [5.41, 5.74) is 3.61. The van der Waals surface area contributed by atoms with E-state index in [2.05, 4.69) is 56.7 Å². The summed E-state index contributed by atoms with van der Waals surface area (Å²) in [6.07, 6.45) is 5.61. The van der Waals surface area contributed by atoms with Crippen molar-refractivity contribution in [1.82, 2.24) is 14.9 Å². The fourth-order valence-corrected chi connectivity index (χ4v) is 4.96. The molecule has 8 heteroatoms. The predicted octanol–water partition coefficient (Wildman–Crippen LogP) is 4.27. The van der Waals surface area contributed by atoms with Crippen LogP contribution in [0.1, 0.15) is 25.7 Å². The molecule has 2 fully saturated rings. The molecule has 0 atom stereocenters. The lowest BCUT2D eigenvalue weighted by Gasteiger charge is -2.34. The number of ether oxygens (including phenoxy) is 1. The normalized spacial score (nSPS) is 21.1. The highest BCUT2D eigenvalue weighted by Gasteiger charge is 2.26. The van der Waals surface area contributed by atoms with E-state index in [1.165, 1.54) is 5.69 Å². The molecule has 1 aliphatic carbocycles. The summed E-state index contributed by atoms with van der Waals surface area (Å²) >= 11 is 0. The average Bonchev–Trinajstić information content (AvgIpc) is 2.90. The maximum absolute atomic E-state index is 12.9. The first-order chi connectivity index (χ1) is 17.1. The maximum atomic E-state index is 12.9. The van der Waals surface area contributed by atoms with Gasteiger partial charge in [0, 0.05) is 62.2 Å². The van der Waals surface area contributed by atoms with Gasteiger partial charge in [0.2, 0.25) is 11.9 Å². The van der Waals surface area contributed by atoms with E-state index in [4.69, 9.17) is 9.72 Å². The molecule has 0 spiro atoms. The Kier molecular flexibility index (Phi) is 7.11. The monoisotopic (exact) mass is 474 g/mol. The quantitative estimate of drug-likeness (QED) is 0.552. The Morgan fingerprint density at radius 2 is 1.74 bits per heavy atom. The molecule has 5 rings (SSSR count). The molecule has 0 radical (unpaired) electrons. The van der Waals surface area contributed by atoms with Gasteiger partial charge >= 0.3 is 0 Å². The number of anilines is 4. The topological polar surface area (TPSA) is 82.6 Å². The molecule has 2 heterocycles. The number of benzene rings is 2. The van der Waals surface area contributed by atoms with Gasteiger partial charge in [-0.2, -0.15) is 0 Å². The average molecular weight is 475 g/mol. The molecule has 184 valence electrons. The van der Waals surface area contributed by atoms with Crippen molar-refractivity contribution in [2.24, 2.45) is 5.92 Å². The number of nitrogens with zero attached hydrogens (tertiary/aromatic N) is 4. The van der Waals surface area contributed by atoms with Crippen molar-refractivity contribution < 1.29 is 9.53 Å². The Hall–Kier alpha value is -3.23. The van der Waals surface area contributed by atoms with E-state index in [0.29, 0.717) is 5.95 Å². The molecule has 1 saturated heterocycles. The van der Waals surface area contributed by atoms with Gasteiger partial charge in [-0.05, 0) is 63.1 Å². The van der Waals surface area contributed by atoms with Gasteiger partial charge in [-0.3, -0.25) is 4.79 Å². The summed E-state index contributed by atoms with van der Waals surface area (Å²) in [5.74, 6) is 0.571.